The van der Waals surface area contributed by atoms with E-state index in [4.69, 9.17) is 5.11 Å². The normalized spacial score (nSPS) is 11.7. The predicted molar refractivity (Wildman–Crippen MR) is 73.4 cm³/mol. The van der Waals surface area contributed by atoms with Crippen LogP contribution >= 0.6 is 11.8 Å². The minimum Gasteiger partial charge on any atom is -0.478 e. The molecule has 0 bridgehead atoms. The number of aromatic carboxylic acids is 1. The Balaban J connectivity index is 2.62. The van der Waals surface area contributed by atoms with Gasteiger partial charge in [0.2, 0.25) is 0 Å². The maximum Gasteiger partial charge on any atom is 0.337 e. The van der Waals surface area contributed by atoms with E-state index in [2.05, 4.69) is 10.6 Å². The van der Waals surface area contributed by atoms with E-state index in [1.807, 2.05) is 13.2 Å². The van der Waals surface area contributed by atoms with Crippen molar-refractivity contribution in [1.82, 2.24) is 5.32 Å². The summed E-state index contributed by atoms with van der Waals surface area (Å²) in [5, 5.41) is 14.5. The van der Waals surface area contributed by atoms with Crippen molar-refractivity contribution < 1.29 is 14.7 Å². The number of hydrogen-bond donors (Lipinski definition) is 3. The van der Waals surface area contributed by atoms with E-state index >= 15 is 0 Å². The molecule has 1 atom stereocenters. The van der Waals surface area contributed by atoms with Crippen LogP contribution in [0.1, 0.15) is 17.3 Å². The largest absolute Gasteiger partial charge is 0.478 e. The molecule has 5 nitrogen and oxygen atoms in total. The van der Waals surface area contributed by atoms with E-state index in [1.54, 1.807) is 30.0 Å². The van der Waals surface area contributed by atoms with E-state index in [0.29, 0.717) is 17.5 Å². The second-order valence-electron chi connectivity index (χ2n) is 3.73. The molecule has 0 saturated heterocycles. The van der Waals surface area contributed by atoms with E-state index in [-0.39, 0.29) is 5.56 Å². The first-order chi connectivity index (χ1) is 8.54. The minimum absolute atomic E-state index is 0.0746. The first kappa shape index (κ1) is 14.4. The Labute approximate surface area is 110 Å². The van der Waals surface area contributed by atoms with Crippen molar-refractivity contribution in [3.05, 3.63) is 29.8 Å². The second kappa shape index (κ2) is 6.90. The maximum absolute atomic E-state index is 11.6. The molecule has 0 spiro atoms. The SMILES string of the molecule is CSC(C)CNC(=O)Nc1ccccc1C(=O)O. The monoisotopic (exact) mass is 268 g/mol. The number of carbonyl (C=O) groups is 2. The zero-order valence-corrected chi connectivity index (χ0v) is 11.1. The van der Waals surface area contributed by atoms with Gasteiger partial charge in [-0.1, -0.05) is 19.1 Å². The number of carboxylic acids is 1. The van der Waals surface area contributed by atoms with Gasteiger partial charge in [0.25, 0.3) is 0 Å². The molecule has 0 saturated carbocycles. The highest BCUT2D eigenvalue weighted by atomic mass is 32.2. The second-order valence-corrected chi connectivity index (χ2v) is 5.01. The summed E-state index contributed by atoms with van der Waals surface area (Å²) in [6.45, 7) is 2.53. The number of carbonyl (C=O) groups excluding carboxylic acids is 1. The number of hydrogen-bond acceptors (Lipinski definition) is 3. The van der Waals surface area contributed by atoms with Crippen LogP contribution in [-0.2, 0) is 0 Å². The number of carboxylic acid groups (broad SMARTS) is 1. The summed E-state index contributed by atoms with van der Waals surface area (Å²) in [5.41, 5.74) is 0.366. The average Bonchev–Trinajstić information content (AvgIpc) is 2.36. The van der Waals surface area contributed by atoms with Gasteiger partial charge in [-0.25, -0.2) is 9.59 Å². The van der Waals surface area contributed by atoms with Crippen LogP contribution in [0.2, 0.25) is 0 Å². The molecular formula is C12H16N2O3S. The molecular weight excluding hydrogens is 252 g/mol. The van der Waals surface area contributed by atoms with E-state index in [1.165, 1.54) is 6.07 Å². The topological polar surface area (TPSA) is 78.4 Å². The Hall–Kier alpha value is -1.69. The van der Waals surface area contributed by atoms with Crippen LogP contribution in [0, 0.1) is 0 Å². The van der Waals surface area contributed by atoms with Gasteiger partial charge in [0.1, 0.15) is 0 Å². The molecule has 3 N–H and O–H groups in total. The summed E-state index contributed by atoms with van der Waals surface area (Å²) in [6.07, 6.45) is 1.96. The first-order valence-corrected chi connectivity index (χ1v) is 6.73. The lowest BCUT2D eigenvalue weighted by atomic mass is 10.2. The summed E-state index contributed by atoms with van der Waals surface area (Å²) in [4.78, 5) is 22.5. The van der Waals surface area contributed by atoms with Gasteiger partial charge in [-0.05, 0) is 18.4 Å². The predicted octanol–water partition coefficient (Wildman–Crippen LogP) is 2.26. The molecule has 98 valence electrons. The highest BCUT2D eigenvalue weighted by molar-refractivity contribution is 7.99. The Morgan fingerprint density at radius 1 is 1.39 bits per heavy atom. The number of nitrogens with one attached hydrogen (secondary N) is 2. The maximum atomic E-state index is 11.6. The molecule has 1 aromatic carbocycles. The van der Waals surface area contributed by atoms with E-state index in [9.17, 15) is 9.59 Å². The number of rotatable bonds is 5. The third-order valence-electron chi connectivity index (χ3n) is 2.36. The smallest absolute Gasteiger partial charge is 0.337 e. The third-order valence-corrected chi connectivity index (χ3v) is 3.33. The molecule has 1 aromatic rings. The van der Waals surface area contributed by atoms with Gasteiger partial charge in [-0.15, -0.1) is 0 Å². The van der Waals surface area contributed by atoms with Crippen LogP contribution in [0.4, 0.5) is 10.5 Å². The summed E-state index contributed by atoms with van der Waals surface area (Å²) in [6, 6.07) is 5.89. The molecule has 0 heterocycles. The highest BCUT2D eigenvalue weighted by Gasteiger charge is 2.11. The number of benzene rings is 1. The molecule has 0 aliphatic heterocycles. The lowest BCUT2D eigenvalue weighted by molar-refractivity contribution is 0.0698. The van der Waals surface area contributed by atoms with Crippen molar-refractivity contribution in [2.45, 2.75) is 12.2 Å². The summed E-state index contributed by atoms with van der Waals surface area (Å²) < 4.78 is 0. The Morgan fingerprint density at radius 3 is 2.67 bits per heavy atom. The van der Waals surface area contributed by atoms with Gasteiger partial charge in [0.15, 0.2) is 0 Å². The Kier molecular flexibility index (Phi) is 5.51. The average molecular weight is 268 g/mol. The Morgan fingerprint density at radius 2 is 2.06 bits per heavy atom. The number of para-hydroxylation sites is 1. The third kappa shape index (κ3) is 4.29. The van der Waals surface area contributed by atoms with Crippen molar-refractivity contribution in [3.63, 3.8) is 0 Å². The zero-order valence-electron chi connectivity index (χ0n) is 10.3. The van der Waals surface area contributed by atoms with E-state index < -0.39 is 12.0 Å². The fraction of sp³-hybridized carbons (Fsp3) is 0.333. The molecule has 2 amide bonds. The summed E-state index contributed by atoms with van der Waals surface area (Å²) in [5.74, 6) is -1.07. The van der Waals surface area contributed by atoms with Gasteiger partial charge >= 0.3 is 12.0 Å². The Bertz CT molecular complexity index is 437. The molecule has 0 aromatic heterocycles. The van der Waals surface area contributed by atoms with Crippen LogP contribution in [0.5, 0.6) is 0 Å². The molecule has 0 aliphatic carbocycles. The molecule has 6 heteroatoms. The van der Waals surface area contributed by atoms with Crippen molar-refractivity contribution in [2.24, 2.45) is 0 Å². The van der Waals surface area contributed by atoms with Crippen molar-refractivity contribution in [3.8, 4) is 0 Å². The van der Waals surface area contributed by atoms with Gasteiger partial charge < -0.3 is 15.7 Å². The zero-order chi connectivity index (χ0) is 13.5. The van der Waals surface area contributed by atoms with Crippen LogP contribution in [0.3, 0.4) is 0 Å². The van der Waals surface area contributed by atoms with Crippen LogP contribution in [0.15, 0.2) is 24.3 Å². The lowest BCUT2D eigenvalue weighted by Crippen LogP contribution is -2.33. The molecule has 0 fully saturated rings. The number of urea groups is 1. The summed E-state index contributed by atoms with van der Waals surface area (Å²) >= 11 is 1.64. The summed E-state index contributed by atoms with van der Waals surface area (Å²) in [7, 11) is 0. The molecule has 18 heavy (non-hydrogen) atoms. The molecule has 0 radical (unpaired) electrons. The van der Waals surface area contributed by atoms with Crippen LogP contribution in [-0.4, -0.2) is 35.2 Å². The quantitative estimate of drug-likeness (QED) is 0.765. The number of anilines is 1. The molecule has 1 unspecified atom stereocenters. The number of thioether (sulfide) groups is 1. The first-order valence-electron chi connectivity index (χ1n) is 5.44. The minimum atomic E-state index is -1.07. The fourth-order valence-corrected chi connectivity index (χ4v) is 1.51. The standard InChI is InChI=1S/C12H16N2O3S/c1-8(18-2)7-13-12(17)14-10-6-4-3-5-9(10)11(15)16/h3-6,8H,7H2,1-2H3,(H,15,16)(H2,13,14,17). The van der Waals surface area contributed by atoms with Crippen molar-refractivity contribution >= 4 is 29.4 Å². The van der Waals surface area contributed by atoms with Gasteiger partial charge in [0.05, 0.1) is 11.3 Å². The lowest BCUT2D eigenvalue weighted by Gasteiger charge is -2.12. The molecule has 1 rings (SSSR count). The van der Waals surface area contributed by atoms with Crippen LogP contribution < -0.4 is 10.6 Å². The van der Waals surface area contributed by atoms with Crippen LogP contribution in [0.25, 0.3) is 0 Å². The van der Waals surface area contributed by atoms with Gasteiger partial charge in [-0.3, -0.25) is 0 Å². The van der Waals surface area contributed by atoms with E-state index in [0.717, 1.165) is 0 Å². The molecule has 0 aliphatic rings. The highest BCUT2D eigenvalue weighted by Crippen LogP contribution is 2.14. The van der Waals surface area contributed by atoms with Gasteiger partial charge in [0, 0.05) is 11.8 Å². The van der Waals surface area contributed by atoms with Crippen molar-refractivity contribution in [1.29, 1.82) is 0 Å². The fourth-order valence-electron chi connectivity index (χ4n) is 1.26. The van der Waals surface area contributed by atoms with Crippen molar-refractivity contribution in [2.75, 3.05) is 18.1 Å². The van der Waals surface area contributed by atoms with Gasteiger partial charge in [-0.2, -0.15) is 11.8 Å². The number of amides is 2.